The highest BCUT2D eigenvalue weighted by Gasteiger charge is 2.08. The molecule has 0 radical (unpaired) electrons. The van der Waals surface area contributed by atoms with Gasteiger partial charge in [-0.15, -0.1) is 0 Å². The maximum atomic E-state index is 9.57. The van der Waals surface area contributed by atoms with E-state index in [0.717, 1.165) is 6.42 Å². The van der Waals surface area contributed by atoms with Gasteiger partial charge in [0.1, 0.15) is 0 Å². The van der Waals surface area contributed by atoms with E-state index < -0.39 is 6.10 Å². The molecule has 16 heavy (non-hydrogen) atoms. The first kappa shape index (κ1) is 15.8. The summed E-state index contributed by atoms with van der Waals surface area (Å²) in [5, 5.41) is 21.6. The molecular formula is C11H25NO4. The van der Waals surface area contributed by atoms with Crippen molar-refractivity contribution in [1.82, 2.24) is 5.32 Å². The van der Waals surface area contributed by atoms with Crippen LogP contribution in [0, 0.1) is 0 Å². The molecule has 0 aliphatic rings. The van der Waals surface area contributed by atoms with Crippen LogP contribution in [0.5, 0.6) is 0 Å². The summed E-state index contributed by atoms with van der Waals surface area (Å²) in [5.74, 6) is 0. The quantitative estimate of drug-likeness (QED) is 0.431. The van der Waals surface area contributed by atoms with Gasteiger partial charge in [0.05, 0.1) is 25.9 Å². The molecule has 2 unspecified atom stereocenters. The van der Waals surface area contributed by atoms with Crippen molar-refractivity contribution in [3.8, 4) is 0 Å². The molecule has 0 aliphatic carbocycles. The number of hydrogen-bond donors (Lipinski definition) is 3. The molecule has 5 heteroatoms. The van der Waals surface area contributed by atoms with Crippen LogP contribution in [0.3, 0.4) is 0 Å². The minimum absolute atomic E-state index is 0.173. The van der Waals surface area contributed by atoms with Crippen molar-refractivity contribution < 1.29 is 19.7 Å². The summed E-state index contributed by atoms with van der Waals surface area (Å²) in [6.07, 6.45) is 1.15. The predicted octanol–water partition coefficient (Wildman–Crippen LogP) is -0.239. The summed E-state index contributed by atoms with van der Waals surface area (Å²) < 4.78 is 10.0. The third-order valence-corrected chi connectivity index (χ3v) is 2.35. The lowest BCUT2D eigenvalue weighted by Crippen LogP contribution is -2.37. The summed E-state index contributed by atoms with van der Waals surface area (Å²) in [6.45, 7) is 4.07. The number of rotatable bonds is 11. The van der Waals surface area contributed by atoms with Crippen LogP contribution in [-0.2, 0) is 9.47 Å². The Morgan fingerprint density at radius 3 is 2.62 bits per heavy atom. The normalized spacial score (nSPS) is 15.0. The Morgan fingerprint density at radius 1 is 1.31 bits per heavy atom. The van der Waals surface area contributed by atoms with Gasteiger partial charge in [-0.05, 0) is 12.8 Å². The van der Waals surface area contributed by atoms with E-state index >= 15 is 0 Å². The second-order valence-corrected chi connectivity index (χ2v) is 3.75. The van der Waals surface area contributed by atoms with E-state index in [1.165, 1.54) is 0 Å². The first-order valence-corrected chi connectivity index (χ1v) is 5.83. The smallest absolute Gasteiger partial charge is 0.0897 e. The number of nitrogens with one attached hydrogen (secondary N) is 1. The molecule has 0 rings (SSSR count). The monoisotopic (exact) mass is 235 g/mol. The van der Waals surface area contributed by atoms with E-state index in [1.807, 2.05) is 0 Å². The number of aliphatic hydroxyl groups is 2. The van der Waals surface area contributed by atoms with Crippen LogP contribution in [0.4, 0.5) is 0 Å². The lowest BCUT2D eigenvalue weighted by molar-refractivity contribution is 0.0126. The van der Waals surface area contributed by atoms with Crippen molar-refractivity contribution in [2.24, 2.45) is 0 Å². The van der Waals surface area contributed by atoms with Crippen LogP contribution in [0.25, 0.3) is 0 Å². The van der Waals surface area contributed by atoms with Crippen molar-refractivity contribution in [1.29, 1.82) is 0 Å². The van der Waals surface area contributed by atoms with Crippen LogP contribution >= 0.6 is 0 Å². The Labute approximate surface area is 97.8 Å². The zero-order valence-electron chi connectivity index (χ0n) is 10.3. The van der Waals surface area contributed by atoms with E-state index in [-0.39, 0.29) is 12.6 Å². The Bertz CT molecular complexity index is 146. The van der Waals surface area contributed by atoms with Crippen molar-refractivity contribution in [2.45, 2.75) is 31.9 Å². The van der Waals surface area contributed by atoms with Crippen molar-refractivity contribution >= 4 is 0 Å². The topological polar surface area (TPSA) is 71.0 Å². The molecule has 5 nitrogen and oxygen atoms in total. The molecule has 0 heterocycles. The average Bonchev–Trinajstić information content (AvgIpc) is 2.30. The van der Waals surface area contributed by atoms with Gasteiger partial charge in [0.15, 0.2) is 0 Å². The molecule has 0 saturated heterocycles. The number of aliphatic hydroxyl groups excluding tert-OH is 2. The molecule has 2 atom stereocenters. The highest BCUT2D eigenvalue weighted by Crippen LogP contribution is 1.96. The van der Waals surface area contributed by atoms with Gasteiger partial charge in [-0.2, -0.15) is 0 Å². The van der Waals surface area contributed by atoms with Crippen LogP contribution in [-0.4, -0.2) is 62.4 Å². The fraction of sp³-hybridized carbons (Fsp3) is 1.00. The lowest BCUT2D eigenvalue weighted by Gasteiger charge is -2.18. The summed E-state index contributed by atoms with van der Waals surface area (Å²) in [6, 6.07) is 0.263. The molecule has 0 fully saturated rings. The van der Waals surface area contributed by atoms with Gasteiger partial charge in [-0.25, -0.2) is 0 Å². The number of methoxy groups -OCH3 is 1. The second-order valence-electron chi connectivity index (χ2n) is 3.75. The van der Waals surface area contributed by atoms with Gasteiger partial charge in [-0.3, -0.25) is 0 Å². The summed E-state index contributed by atoms with van der Waals surface area (Å²) in [5.41, 5.74) is 0. The largest absolute Gasteiger partial charge is 0.396 e. The molecule has 0 aromatic carbocycles. The van der Waals surface area contributed by atoms with Crippen molar-refractivity contribution in [3.05, 3.63) is 0 Å². The van der Waals surface area contributed by atoms with Crippen LogP contribution in [0.2, 0.25) is 0 Å². The van der Waals surface area contributed by atoms with Crippen LogP contribution in [0.1, 0.15) is 19.8 Å². The highest BCUT2D eigenvalue weighted by molar-refractivity contribution is 4.67. The predicted molar refractivity (Wildman–Crippen MR) is 62.5 cm³/mol. The van der Waals surface area contributed by atoms with Crippen molar-refractivity contribution in [3.63, 3.8) is 0 Å². The molecule has 3 N–H and O–H groups in total. The zero-order chi connectivity index (χ0) is 12.2. The molecule has 0 aromatic rings. The average molecular weight is 235 g/mol. The maximum absolute atomic E-state index is 9.57. The summed E-state index contributed by atoms with van der Waals surface area (Å²) in [7, 11) is 1.61. The number of ether oxygens (including phenoxy) is 2. The molecular weight excluding hydrogens is 210 g/mol. The molecule has 0 bridgehead atoms. The van der Waals surface area contributed by atoms with Gasteiger partial charge in [0.25, 0.3) is 0 Å². The highest BCUT2D eigenvalue weighted by atomic mass is 16.5. The van der Waals surface area contributed by atoms with E-state index in [2.05, 4.69) is 12.2 Å². The third-order valence-electron chi connectivity index (χ3n) is 2.35. The van der Waals surface area contributed by atoms with E-state index in [1.54, 1.807) is 7.11 Å². The fourth-order valence-corrected chi connectivity index (χ4v) is 1.33. The van der Waals surface area contributed by atoms with E-state index in [9.17, 15) is 5.11 Å². The third kappa shape index (κ3) is 9.06. The van der Waals surface area contributed by atoms with Crippen LogP contribution < -0.4 is 5.32 Å². The first-order chi connectivity index (χ1) is 7.74. The molecule has 0 spiro atoms. The van der Waals surface area contributed by atoms with Gasteiger partial charge in [0.2, 0.25) is 0 Å². The standard InChI is InChI=1S/C11H25NO4/c1-3-10(4-5-13)12-8-11(14)9-16-7-6-15-2/h10-14H,3-9H2,1-2H3. The van der Waals surface area contributed by atoms with E-state index in [0.29, 0.717) is 32.8 Å². The SMILES string of the molecule is CCC(CCO)NCC(O)COCCOC. The van der Waals surface area contributed by atoms with Crippen LogP contribution in [0.15, 0.2) is 0 Å². The lowest BCUT2D eigenvalue weighted by atomic mass is 10.1. The molecule has 0 amide bonds. The van der Waals surface area contributed by atoms with Gasteiger partial charge >= 0.3 is 0 Å². The van der Waals surface area contributed by atoms with Gasteiger partial charge in [-0.1, -0.05) is 6.92 Å². The molecule has 0 aliphatic heterocycles. The number of hydrogen-bond acceptors (Lipinski definition) is 5. The molecule has 0 saturated carbocycles. The Kier molecular flexibility index (Phi) is 11.1. The maximum Gasteiger partial charge on any atom is 0.0897 e. The summed E-state index contributed by atoms with van der Waals surface area (Å²) >= 11 is 0. The Morgan fingerprint density at radius 2 is 2.06 bits per heavy atom. The summed E-state index contributed by atoms with van der Waals surface area (Å²) in [4.78, 5) is 0. The van der Waals surface area contributed by atoms with Gasteiger partial charge < -0.3 is 25.0 Å². The fourth-order valence-electron chi connectivity index (χ4n) is 1.33. The molecule has 0 aromatic heterocycles. The minimum Gasteiger partial charge on any atom is -0.396 e. The Balaban J connectivity index is 3.43. The zero-order valence-corrected chi connectivity index (χ0v) is 10.3. The first-order valence-electron chi connectivity index (χ1n) is 5.83. The minimum atomic E-state index is -0.510. The Hall–Kier alpha value is -0.200. The van der Waals surface area contributed by atoms with Crippen molar-refractivity contribution in [2.75, 3.05) is 40.1 Å². The van der Waals surface area contributed by atoms with Gasteiger partial charge in [0, 0.05) is 26.3 Å². The second kappa shape index (κ2) is 11.3. The van der Waals surface area contributed by atoms with E-state index in [4.69, 9.17) is 14.6 Å². The molecule has 98 valence electrons.